The second-order valence-corrected chi connectivity index (χ2v) is 4.61. The lowest BCUT2D eigenvalue weighted by atomic mass is 9.94. The molecule has 0 aliphatic heterocycles. The van der Waals surface area contributed by atoms with E-state index < -0.39 is 5.54 Å². The van der Waals surface area contributed by atoms with Crippen molar-refractivity contribution in [2.75, 3.05) is 0 Å². The number of carbonyl (C=O) groups is 1. The molecule has 3 nitrogen and oxygen atoms in total. The van der Waals surface area contributed by atoms with Gasteiger partial charge in [-0.15, -0.1) is 0 Å². The summed E-state index contributed by atoms with van der Waals surface area (Å²) in [6, 6.07) is 10.1. The Morgan fingerprint density at radius 1 is 1.28 bits per heavy atom. The van der Waals surface area contributed by atoms with Crippen molar-refractivity contribution in [3.63, 3.8) is 0 Å². The normalized spacial score (nSPS) is 10.8. The first-order valence-corrected chi connectivity index (χ1v) is 6.33. The first-order chi connectivity index (χ1) is 8.55. The molecular weight excluding hydrogens is 224 g/mol. The molecule has 0 aliphatic carbocycles. The number of nitrogens with zero attached hydrogens (tertiary/aromatic N) is 1. The van der Waals surface area contributed by atoms with Gasteiger partial charge >= 0.3 is 0 Å². The largest absolute Gasteiger partial charge is 0.338 e. The molecule has 0 heterocycles. The van der Waals surface area contributed by atoms with E-state index >= 15 is 0 Å². The molecule has 0 fully saturated rings. The molecular formula is C15H20N2O. The van der Waals surface area contributed by atoms with Crippen LogP contribution in [0.25, 0.3) is 0 Å². The highest BCUT2D eigenvalue weighted by atomic mass is 16.1. The third-order valence-corrected chi connectivity index (χ3v) is 3.29. The molecule has 1 amide bonds. The van der Waals surface area contributed by atoms with Gasteiger partial charge in [-0.1, -0.05) is 43.7 Å². The molecule has 0 spiro atoms. The first-order valence-electron chi connectivity index (χ1n) is 6.33. The van der Waals surface area contributed by atoms with Crippen molar-refractivity contribution < 1.29 is 4.79 Å². The monoisotopic (exact) mass is 244 g/mol. The van der Waals surface area contributed by atoms with Crippen LogP contribution in [0.15, 0.2) is 24.3 Å². The van der Waals surface area contributed by atoms with Gasteiger partial charge in [0, 0.05) is 0 Å². The van der Waals surface area contributed by atoms with Crippen molar-refractivity contribution in [1.29, 1.82) is 5.26 Å². The van der Waals surface area contributed by atoms with Gasteiger partial charge in [0.25, 0.3) is 0 Å². The second kappa shape index (κ2) is 6.20. The molecule has 96 valence electrons. The van der Waals surface area contributed by atoms with Crippen molar-refractivity contribution in [3.05, 3.63) is 35.4 Å². The molecule has 0 unspecified atom stereocenters. The first kappa shape index (κ1) is 14.2. The van der Waals surface area contributed by atoms with Gasteiger partial charge in [-0.05, 0) is 25.3 Å². The van der Waals surface area contributed by atoms with Gasteiger partial charge in [0.1, 0.15) is 5.54 Å². The Morgan fingerprint density at radius 3 is 2.28 bits per heavy atom. The van der Waals surface area contributed by atoms with E-state index in [0.29, 0.717) is 19.3 Å². The predicted octanol–water partition coefficient (Wildman–Crippen LogP) is 2.74. The molecule has 1 aromatic carbocycles. The number of amides is 1. The van der Waals surface area contributed by atoms with Crippen LogP contribution in [0.5, 0.6) is 0 Å². The van der Waals surface area contributed by atoms with Crippen LogP contribution in [0.2, 0.25) is 0 Å². The molecule has 0 aromatic heterocycles. The van der Waals surface area contributed by atoms with Crippen LogP contribution in [-0.2, 0) is 11.2 Å². The average molecular weight is 244 g/mol. The third kappa shape index (κ3) is 3.59. The van der Waals surface area contributed by atoms with Crippen molar-refractivity contribution in [2.24, 2.45) is 0 Å². The number of nitriles is 1. The van der Waals surface area contributed by atoms with E-state index in [-0.39, 0.29) is 5.91 Å². The number of benzene rings is 1. The summed E-state index contributed by atoms with van der Waals surface area (Å²) in [5.41, 5.74) is 1.42. The molecule has 18 heavy (non-hydrogen) atoms. The minimum atomic E-state index is -0.720. The summed E-state index contributed by atoms with van der Waals surface area (Å²) in [4.78, 5) is 11.9. The number of aryl methyl sites for hydroxylation is 1. The maximum atomic E-state index is 11.9. The molecule has 0 atom stereocenters. The van der Waals surface area contributed by atoms with Crippen LogP contribution in [-0.4, -0.2) is 11.4 Å². The van der Waals surface area contributed by atoms with Crippen molar-refractivity contribution in [2.45, 2.75) is 45.6 Å². The summed E-state index contributed by atoms with van der Waals surface area (Å²) in [5, 5.41) is 12.0. The van der Waals surface area contributed by atoms with E-state index in [1.54, 1.807) is 0 Å². The SMILES string of the molecule is CCC(C#N)(CC)NC(=O)Cc1ccc(C)cc1. The van der Waals surface area contributed by atoms with Crippen LogP contribution < -0.4 is 5.32 Å². The van der Waals surface area contributed by atoms with Crippen LogP contribution in [0.4, 0.5) is 0 Å². The number of rotatable bonds is 5. The lowest BCUT2D eigenvalue weighted by molar-refractivity contribution is -0.121. The predicted molar refractivity (Wildman–Crippen MR) is 72.0 cm³/mol. The van der Waals surface area contributed by atoms with E-state index in [1.165, 1.54) is 5.56 Å². The Balaban J connectivity index is 2.67. The zero-order chi connectivity index (χ0) is 13.6. The fourth-order valence-corrected chi connectivity index (χ4v) is 1.82. The topological polar surface area (TPSA) is 52.9 Å². The van der Waals surface area contributed by atoms with E-state index in [0.717, 1.165) is 5.56 Å². The molecule has 3 heteroatoms. The molecule has 0 saturated carbocycles. The number of hydrogen-bond acceptors (Lipinski definition) is 2. The van der Waals surface area contributed by atoms with Gasteiger partial charge in [-0.3, -0.25) is 4.79 Å². The highest BCUT2D eigenvalue weighted by molar-refractivity contribution is 5.79. The van der Waals surface area contributed by atoms with Gasteiger partial charge in [0.15, 0.2) is 0 Å². The van der Waals surface area contributed by atoms with Crippen LogP contribution in [0, 0.1) is 18.3 Å². The maximum absolute atomic E-state index is 11.9. The molecule has 0 aliphatic rings. The van der Waals surface area contributed by atoms with E-state index in [9.17, 15) is 4.79 Å². The Hall–Kier alpha value is -1.82. The van der Waals surface area contributed by atoms with Crippen molar-refractivity contribution >= 4 is 5.91 Å². The summed E-state index contributed by atoms with van der Waals surface area (Å²) in [5.74, 6) is -0.0934. The number of hydrogen-bond donors (Lipinski definition) is 1. The van der Waals surface area contributed by atoms with Gasteiger partial charge in [-0.25, -0.2) is 0 Å². The van der Waals surface area contributed by atoms with Gasteiger partial charge in [0.2, 0.25) is 5.91 Å². The Bertz CT molecular complexity index is 439. The van der Waals surface area contributed by atoms with E-state index in [4.69, 9.17) is 5.26 Å². The highest BCUT2D eigenvalue weighted by Crippen LogP contribution is 2.14. The summed E-state index contributed by atoms with van der Waals surface area (Å²) >= 11 is 0. The Morgan fingerprint density at radius 2 is 1.83 bits per heavy atom. The fourth-order valence-electron chi connectivity index (χ4n) is 1.82. The van der Waals surface area contributed by atoms with Crippen LogP contribution in [0.1, 0.15) is 37.8 Å². The minimum absolute atomic E-state index is 0.0934. The standard InChI is InChI=1S/C15H20N2O/c1-4-15(5-2,11-16)17-14(18)10-13-8-6-12(3)7-9-13/h6-9H,4-5,10H2,1-3H3,(H,17,18). The molecule has 0 saturated heterocycles. The zero-order valence-electron chi connectivity index (χ0n) is 11.3. The molecule has 1 N–H and O–H groups in total. The summed E-state index contributed by atoms with van der Waals surface area (Å²) in [7, 11) is 0. The Labute approximate surface area is 109 Å². The average Bonchev–Trinajstić information content (AvgIpc) is 2.39. The maximum Gasteiger partial charge on any atom is 0.225 e. The van der Waals surface area contributed by atoms with Gasteiger partial charge < -0.3 is 5.32 Å². The van der Waals surface area contributed by atoms with Crippen molar-refractivity contribution in [3.8, 4) is 6.07 Å². The summed E-state index contributed by atoms with van der Waals surface area (Å²) in [6.07, 6.45) is 1.57. The number of nitrogens with one attached hydrogen (secondary N) is 1. The van der Waals surface area contributed by atoms with Gasteiger partial charge in [-0.2, -0.15) is 5.26 Å². The summed E-state index contributed by atoms with van der Waals surface area (Å²) in [6.45, 7) is 5.84. The van der Waals surface area contributed by atoms with Gasteiger partial charge in [0.05, 0.1) is 12.5 Å². The lowest BCUT2D eigenvalue weighted by Crippen LogP contribution is -2.47. The lowest BCUT2D eigenvalue weighted by Gasteiger charge is -2.24. The highest BCUT2D eigenvalue weighted by Gasteiger charge is 2.27. The second-order valence-electron chi connectivity index (χ2n) is 4.61. The third-order valence-electron chi connectivity index (χ3n) is 3.29. The number of carbonyl (C=O) groups excluding carboxylic acids is 1. The van der Waals surface area contributed by atoms with Crippen LogP contribution >= 0.6 is 0 Å². The molecule has 1 rings (SSSR count). The molecule has 1 aromatic rings. The van der Waals surface area contributed by atoms with E-state index in [1.807, 2.05) is 45.0 Å². The molecule has 0 radical (unpaired) electrons. The smallest absolute Gasteiger partial charge is 0.225 e. The Kier molecular flexibility index (Phi) is 4.91. The quantitative estimate of drug-likeness (QED) is 0.865. The molecule has 0 bridgehead atoms. The fraction of sp³-hybridized carbons (Fsp3) is 0.467. The van der Waals surface area contributed by atoms with Crippen LogP contribution in [0.3, 0.4) is 0 Å². The van der Waals surface area contributed by atoms with Crippen molar-refractivity contribution in [1.82, 2.24) is 5.32 Å². The van der Waals surface area contributed by atoms with E-state index in [2.05, 4.69) is 11.4 Å². The minimum Gasteiger partial charge on any atom is -0.338 e. The summed E-state index contributed by atoms with van der Waals surface area (Å²) < 4.78 is 0. The zero-order valence-corrected chi connectivity index (χ0v) is 11.3.